The highest BCUT2D eigenvalue weighted by atomic mass is 16.5. The lowest BCUT2D eigenvalue weighted by atomic mass is 10.4. The number of esters is 1. The summed E-state index contributed by atoms with van der Waals surface area (Å²) in [6.07, 6.45) is 3.42. The first-order chi connectivity index (χ1) is 4.83. The van der Waals surface area contributed by atoms with Crippen LogP contribution in [-0.4, -0.2) is 13.1 Å². The predicted octanol–water partition coefficient (Wildman–Crippen LogP) is 1.27. The van der Waals surface area contributed by atoms with Crippen LogP contribution in [0.1, 0.15) is 19.3 Å². The minimum atomic E-state index is -0.0469. The molecule has 0 aromatic rings. The summed E-state index contributed by atoms with van der Waals surface area (Å²) in [7, 11) is 1.45. The van der Waals surface area contributed by atoms with Gasteiger partial charge in [-0.3, -0.25) is 4.79 Å². The summed E-state index contributed by atoms with van der Waals surface area (Å²) in [5.41, 5.74) is 2.88. The van der Waals surface area contributed by atoms with E-state index in [1.165, 1.54) is 31.1 Å². The predicted molar refractivity (Wildman–Crippen MR) is 36.4 cm³/mol. The van der Waals surface area contributed by atoms with Crippen molar-refractivity contribution in [3.05, 3.63) is 11.1 Å². The van der Waals surface area contributed by atoms with Crippen LogP contribution in [0, 0.1) is 5.92 Å². The molecule has 2 heteroatoms. The Balaban J connectivity index is 2.01. The third-order valence-electron chi connectivity index (χ3n) is 2.12. The number of hydrogen-bond acceptors (Lipinski definition) is 2. The second-order valence-electron chi connectivity index (χ2n) is 2.91. The van der Waals surface area contributed by atoms with Crippen molar-refractivity contribution < 1.29 is 9.53 Å². The number of carbonyl (C=O) groups excluding carboxylic acids is 1. The van der Waals surface area contributed by atoms with Crippen molar-refractivity contribution >= 4 is 5.97 Å². The van der Waals surface area contributed by atoms with Gasteiger partial charge in [-0.05, 0) is 19.3 Å². The average Bonchev–Trinajstić information content (AvgIpc) is 2.74. The average molecular weight is 138 g/mol. The molecule has 0 heterocycles. The molecular formula is C8H10O2. The molecule has 2 aliphatic carbocycles. The van der Waals surface area contributed by atoms with Crippen molar-refractivity contribution in [1.82, 2.24) is 0 Å². The lowest BCUT2D eigenvalue weighted by molar-refractivity contribution is -0.141. The molecular weight excluding hydrogens is 128 g/mol. The summed E-state index contributed by atoms with van der Waals surface area (Å²) < 4.78 is 4.61. The first kappa shape index (κ1) is 5.96. The molecule has 0 aromatic heterocycles. The van der Waals surface area contributed by atoms with Crippen molar-refractivity contribution in [3.63, 3.8) is 0 Å². The molecule has 0 saturated heterocycles. The Labute approximate surface area is 59.9 Å². The van der Waals surface area contributed by atoms with Crippen LogP contribution in [0.5, 0.6) is 0 Å². The summed E-state index contributed by atoms with van der Waals surface area (Å²) in [6.45, 7) is 0. The van der Waals surface area contributed by atoms with Crippen molar-refractivity contribution in [1.29, 1.82) is 0 Å². The van der Waals surface area contributed by atoms with Gasteiger partial charge in [0.2, 0.25) is 0 Å². The maximum Gasteiger partial charge on any atom is 0.313 e. The van der Waals surface area contributed by atoms with Crippen molar-refractivity contribution in [3.8, 4) is 0 Å². The molecule has 0 spiro atoms. The molecule has 2 aliphatic rings. The van der Waals surface area contributed by atoms with E-state index in [4.69, 9.17) is 0 Å². The molecule has 2 saturated carbocycles. The van der Waals surface area contributed by atoms with Gasteiger partial charge in [-0.1, -0.05) is 11.1 Å². The smallest absolute Gasteiger partial charge is 0.313 e. The highest BCUT2D eigenvalue weighted by molar-refractivity contribution is 5.81. The lowest BCUT2D eigenvalue weighted by Crippen LogP contribution is -2.01. The molecule has 0 radical (unpaired) electrons. The summed E-state index contributed by atoms with van der Waals surface area (Å²) in [4.78, 5) is 10.9. The molecule has 0 bridgehead atoms. The highest BCUT2D eigenvalue weighted by Crippen LogP contribution is 2.48. The fourth-order valence-electron chi connectivity index (χ4n) is 1.30. The van der Waals surface area contributed by atoms with E-state index in [0.29, 0.717) is 0 Å². The van der Waals surface area contributed by atoms with E-state index in [1.807, 2.05) is 0 Å². The van der Waals surface area contributed by atoms with Crippen LogP contribution >= 0.6 is 0 Å². The van der Waals surface area contributed by atoms with E-state index in [2.05, 4.69) is 4.74 Å². The lowest BCUT2D eigenvalue weighted by Gasteiger charge is -1.90. The monoisotopic (exact) mass is 138 g/mol. The van der Waals surface area contributed by atoms with Crippen LogP contribution in [0.25, 0.3) is 0 Å². The summed E-state index contributed by atoms with van der Waals surface area (Å²) >= 11 is 0. The molecule has 0 N–H and O–H groups in total. The van der Waals surface area contributed by atoms with Gasteiger partial charge < -0.3 is 4.74 Å². The zero-order valence-electron chi connectivity index (χ0n) is 6.02. The maximum absolute atomic E-state index is 10.9. The van der Waals surface area contributed by atoms with E-state index in [9.17, 15) is 4.79 Å². The van der Waals surface area contributed by atoms with Gasteiger partial charge in [0.25, 0.3) is 0 Å². The van der Waals surface area contributed by atoms with E-state index in [0.717, 1.165) is 6.42 Å². The molecule has 2 nitrogen and oxygen atoms in total. The third kappa shape index (κ3) is 0.838. The quantitative estimate of drug-likeness (QED) is 0.403. The molecule has 0 aromatic carbocycles. The Hall–Kier alpha value is -0.790. The SMILES string of the molecule is COC(=O)C1CC1=C1CC1. The van der Waals surface area contributed by atoms with Gasteiger partial charge in [-0.2, -0.15) is 0 Å². The topological polar surface area (TPSA) is 26.3 Å². The van der Waals surface area contributed by atoms with Crippen molar-refractivity contribution in [2.45, 2.75) is 19.3 Å². The number of rotatable bonds is 1. The molecule has 54 valence electrons. The molecule has 2 fully saturated rings. The fraction of sp³-hybridized carbons (Fsp3) is 0.625. The molecule has 1 unspecified atom stereocenters. The molecule has 10 heavy (non-hydrogen) atoms. The van der Waals surface area contributed by atoms with Crippen LogP contribution in [0.4, 0.5) is 0 Å². The van der Waals surface area contributed by atoms with Gasteiger partial charge >= 0.3 is 5.97 Å². The van der Waals surface area contributed by atoms with Gasteiger partial charge in [0.15, 0.2) is 0 Å². The van der Waals surface area contributed by atoms with E-state index in [-0.39, 0.29) is 11.9 Å². The van der Waals surface area contributed by atoms with Crippen LogP contribution in [-0.2, 0) is 9.53 Å². The van der Waals surface area contributed by atoms with E-state index < -0.39 is 0 Å². The molecule has 0 amide bonds. The summed E-state index contributed by atoms with van der Waals surface area (Å²) in [5, 5.41) is 0. The number of methoxy groups -OCH3 is 1. The standard InChI is InChI=1S/C8H10O2/c1-10-8(9)7-4-6(7)5-2-3-5/h7H,2-4H2,1H3. The number of carbonyl (C=O) groups is 1. The van der Waals surface area contributed by atoms with Crippen LogP contribution in [0.15, 0.2) is 11.1 Å². The Bertz CT molecular complexity index is 209. The molecule has 2 rings (SSSR count). The van der Waals surface area contributed by atoms with Gasteiger partial charge in [-0.25, -0.2) is 0 Å². The second-order valence-corrected chi connectivity index (χ2v) is 2.91. The molecule has 1 atom stereocenters. The number of allylic oxidation sites excluding steroid dienone is 1. The van der Waals surface area contributed by atoms with Gasteiger partial charge in [-0.15, -0.1) is 0 Å². The first-order valence-corrected chi connectivity index (χ1v) is 3.61. The number of hydrogen-bond donors (Lipinski definition) is 0. The minimum Gasteiger partial charge on any atom is -0.469 e. The van der Waals surface area contributed by atoms with E-state index in [1.54, 1.807) is 0 Å². The summed E-state index contributed by atoms with van der Waals surface area (Å²) in [6, 6.07) is 0. The van der Waals surface area contributed by atoms with Gasteiger partial charge in [0.05, 0.1) is 13.0 Å². The largest absolute Gasteiger partial charge is 0.469 e. The molecule has 0 aliphatic heterocycles. The Kier molecular flexibility index (Phi) is 1.10. The Morgan fingerprint density at radius 2 is 2.30 bits per heavy atom. The van der Waals surface area contributed by atoms with E-state index >= 15 is 0 Å². The van der Waals surface area contributed by atoms with Gasteiger partial charge in [0, 0.05) is 0 Å². The maximum atomic E-state index is 10.9. The van der Waals surface area contributed by atoms with Crippen LogP contribution in [0.2, 0.25) is 0 Å². The highest BCUT2D eigenvalue weighted by Gasteiger charge is 2.42. The van der Waals surface area contributed by atoms with Crippen molar-refractivity contribution in [2.75, 3.05) is 7.11 Å². The zero-order chi connectivity index (χ0) is 7.14. The number of ether oxygens (including phenoxy) is 1. The zero-order valence-corrected chi connectivity index (χ0v) is 6.02. The minimum absolute atomic E-state index is 0.0469. The normalized spacial score (nSPS) is 28.3. The third-order valence-corrected chi connectivity index (χ3v) is 2.12. The Morgan fingerprint density at radius 1 is 1.60 bits per heavy atom. The fourth-order valence-corrected chi connectivity index (χ4v) is 1.30. The second kappa shape index (κ2) is 1.84. The van der Waals surface area contributed by atoms with Crippen LogP contribution < -0.4 is 0 Å². The Morgan fingerprint density at radius 3 is 2.80 bits per heavy atom. The van der Waals surface area contributed by atoms with Crippen LogP contribution in [0.3, 0.4) is 0 Å². The first-order valence-electron chi connectivity index (χ1n) is 3.61. The van der Waals surface area contributed by atoms with Gasteiger partial charge in [0.1, 0.15) is 0 Å². The summed E-state index contributed by atoms with van der Waals surface area (Å²) in [5.74, 6) is 0.108. The van der Waals surface area contributed by atoms with Crippen molar-refractivity contribution in [2.24, 2.45) is 5.92 Å².